The first-order valence-electron chi connectivity index (χ1n) is 6.51. The van der Waals surface area contributed by atoms with Gasteiger partial charge in [-0.05, 0) is 37.6 Å². The van der Waals surface area contributed by atoms with E-state index in [9.17, 15) is 9.90 Å². The Kier molecular flexibility index (Phi) is 4.20. The SMILES string of the molecule is Nc1cccc(CN2CCCCCC2)c1C(=O)O. The van der Waals surface area contributed by atoms with E-state index in [1.165, 1.54) is 25.7 Å². The fourth-order valence-electron chi connectivity index (χ4n) is 2.55. The van der Waals surface area contributed by atoms with E-state index in [-0.39, 0.29) is 5.56 Å². The molecule has 0 saturated carbocycles. The third-order valence-electron chi connectivity index (χ3n) is 3.49. The van der Waals surface area contributed by atoms with Crippen molar-refractivity contribution in [2.45, 2.75) is 32.2 Å². The summed E-state index contributed by atoms with van der Waals surface area (Å²) in [4.78, 5) is 13.6. The number of carbonyl (C=O) groups is 1. The van der Waals surface area contributed by atoms with Crippen molar-refractivity contribution in [2.75, 3.05) is 18.8 Å². The normalized spacial score (nSPS) is 17.3. The quantitative estimate of drug-likeness (QED) is 0.806. The van der Waals surface area contributed by atoms with E-state index in [1.807, 2.05) is 12.1 Å². The number of rotatable bonds is 3. The van der Waals surface area contributed by atoms with Gasteiger partial charge in [0.25, 0.3) is 0 Å². The average molecular weight is 248 g/mol. The first-order valence-corrected chi connectivity index (χ1v) is 6.51. The van der Waals surface area contributed by atoms with Crippen molar-refractivity contribution in [1.29, 1.82) is 0 Å². The van der Waals surface area contributed by atoms with Crippen LogP contribution in [0.1, 0.15) is 41.6 Å². The highest BCUT2D eigenvalue weighted by molar-refractivity contribution is 5.95. The predicted molar refractivity (Wildman–Crippen MR) is 71.6 cm³/mol. The minimum atomic E-state index is -0.932. The molecule has 3 N–H and O–H groups in total. The molecule has 1 heterocycles. The number of anilines is 1. The summed E-state index contributed by atoms with van der Waals surface area (Å²) in [5.41, 5.74) is 7.20. The second-order valence-corrected chi connectivity index (χ2v) is 4.88. The first-order chi connectivity index (χ1) is 8.68. The van der Waals surface area contributed by atoms with Gasteiger partial charge in [-0.1, -0.05) is 25.0 Å². The fraction of sp³-hybridized carbons (Fsp3) is 0.500. The number of nitrogens with two attached hydrogens (primary N) is 1. The van der Waals surface area contributed by atoms with Crippen molar-refractivity contribution in [1.82, 2.24) is 4.90 Å². The summed E-state index contributed by atoms with van der Waals surface area (Å²) in [5, 5.41) is 9.23. The zero-order valence-electron chi connectivity index (χ0n) is 10.6. The number of nitrogens with zero attached hydrogens (tertiary/aromatic N) is 1. The van der Waals surface area contributed by atoms with E-state index in [0.717, 1.165) is 18.7 Å². The maximum atomic E-state index is 11.3. The lowest BCUT2D eigenvalue weighted by Crippen LogP contribution is -2.25. The first kappa shape index (κ1) is 12.9. The summed E-state index contributed by atoms with van der Waals surface area (Å²) >= 11 is 0. The van der Waals surface area contributed by atoms with Gasteiger partial charge in [0.15, 0.2) is 0 Å². The van der Waals surface area contributed by atoms with Gasteiger partial charge in [0, 0.05) is 12.2 Å². The molecule has 1 aliphatic rings. The van der Waals surface area contributed by atoms with Gasteiger partial charge in [0.1, 0.15) is 0 Å². The Morgan fingerprint density at radius 2 is 1.89 bits per heavy atom. The summed E-state index contributed by atoms with van der Waals surface area (Å²) in [6, 6.07) is 5.34. The maximum absolute atomic E-state index is 11.3. The van der Waals surface area contributed by atoms with Crippen LogP contribution in [0.4, 0.5) is 5.69 Å². The number of aromatic carboxylic acids is 1. The highest BCUT2D eigenvalue weighted by Gasteiger charge is 2.16. The number of hydrogen-bond acceptors (Lipinski definition) is 3. The van der Waals surface area contributed by atoms with Crippen molar-refractivity contribution in [3.05, 3.63) is 29.3 Å². The number of hydrogen-bond donors (Lipinski definition) is 2. The molecule has 1 aliphatic heterocycles. The monoisotopic (exact) mass is 248 g/mol. The molecule has 2 rings (SSSR count). The molecule has 18 heavy (non-hydrogen) atoms. The van der Waals surface area contributed by atoms with Crippen LogP contribution in [0.15, 0.2) is 18.2 Å². The van der Waals surface area contributed by atoms with Crippen LogP contribution in [0.5, 0.6) is 0 Å². The summed E-state index contributed by atoms with van der Waals surface area (Å²) in [7, 11) is 0. The number of carboxylic acid groups (broad SMARTS) is 1. The van der Waals surface area contributed by atoms with Crippen LogP contribution in [0.25, 0.3) is 0 Å². The van der Waals surface area contributed by atoms with Crippen molar-refractivity contribution in [2.24, 2.45) is 0 Å². The smallest absolute Gasteiger partial charge is 0.338 e. The van der Waals surface area contributed by atoms with Crippen LogP contribution in [0.2, 0.25) is 0 Å². The zero-order valence-corrected chi connectivity index (χ0v) is 10.6. The Bertz CT molecular complexity index is 424. The van der Waals surface area contributed by atoms with Gasteiger partial charge in [-0.15, -0.1) is 0 Å². The molecule has 0 amide bonds. The van der Waals surface area contributed by atoms with E-state index in [1.54, 1.807) is 6.07 Å². The molecule has 4 nitrogen and oxygen atoms in total. The highest BCUT2D eigenvalue weighted by atomic mass is 16.4. The molecule has 1 fully saturated rings. The van der Waals surface area contributed by atoms with Gasteiger partial charge in [-0.25, -0.2) is 4.79 Å². The maximum Gasteiger partial charge on any atom is 0.338 e. The van der Waals surface area contributed by atoms with Crippen LogP contribution < -0.4 is 5.73 Å². The molecule has 1 aromatic carbocycles. The molecule has 0 aromatic heterocycles. The topological polar surface area (TPSA) is 66.6 Å². The summed E-state index contributed by atoms with van der Waals surface area (Å²) in [6.07, 6.45) is 4.95. The van der Waals surface area contributed by atoms with E-state index in [2.05, 4.69) is 4.90 Å². The molecule has 0 spiro atoms. The lowest BCUT2D eigenvalue weighted by atomic mass is 10.0. The lowest BCUT2D eigenvalue weighted by Gasteiger charge is -2.21. The van der Waals surface area contributed by atoms with Crippen LogP contribution in [0, 0.1) is 0 Å². The van der Waals surface area contributed by atoms with E-state index >= 15 is 0 Å². The molecule has 1 saturated heterocycles. The van der Waals surface area contributed by atoms with Gasteiger partial charge in [-0.2, -0.15) is 0 Å². The summed E-state index contributed by atoms with van der Waals surface area (Å²) in [5.74, 6) is -0.932. The third-order valence-corrected chi connectivity index (χ3v) is 3.49. The summed E-state index contributed by atoms with van der Waals surface area (Å²) < 4.78 is 0. The van der Waals surface area contributed by atoms with E-state index in [0.29, 0.717) is 12.2 Å². The van der Waals surface area contributed by atoms with Crippen LogP contribution in [-0.4, -0.2) is 29.1 Å². The van der Waals surface area contributed by atoms with E-state index in [4.69, 9.17) is 5.73 Å². The fourth-order valence-corrected chi connectivity index (χ4v) is 2.55. The molecule has 1 aromatic rings. The summed E-state index contributed by atoms with van der Waals surface area (Å²) in [6.45, 7) is 2.79. The van der Waals surface area contributed by atoms with Gasteiger partial charge in [0.05, 0.1) is 5.56 Å². The molecule has 0 bridgehead atoms. The number of benzene rings is 1. The van der Waals surface area contributed by atoms with Gasteiger partial charge in [-0.3, -0.25) is 4.90 Å². The molecular formula is C14H20N2O2. The van der Waals surface area contributed by atoms with Gasteiger partial charge < -0.3 is 10.8 Å². The number of nitrogen functional groups attached to an aromatic ring is 1. The van der Waals surface area contributed by atoms with Crippen molar-refractivity contribution in [3.63, 3.8) is 0 Å². The van der Waals surface area contributed by atoms with Crippen molar-refractivity contribution < 1.29 is 9.90 Å². The Labute approximate surface area is 107 Å². The molecule has 4 heteroatoms. The molecule has 0 unspecified atom stereocenters. The minimum Gasteiger partial charge on any atom is -0.478 e. The molecule has 0 atom stereocenters. The Morgan fingerprint density at radius 3 is 2.50 bits per heavy atom. The number of carboxylic acids is 1. The standard InChI is InChI=1S/C14H20N2O2/c15-12-7-5-6-11(13(12)14(17)18)10-16-8-3-1-2-4-9-16/h5-7H,1-4,8-10,15H2,(H,17,18). The third kappa shape index (κ3) is 3.01. The second kappa shape index (κ2) is 5.87. The average Bonchev–Trinajstić information content (AvgIpc) is 2.57. The van der Waals surface area contributed by atoms with E-state index < -0.39 is 5.97 Å². The Morgan fingerprint density at radius 1 is 1.22 bits per heavy atom. The molecular weight excluding hydrogens is 228 g/mol. The lowest BCUT2D eigenvalue weighted by molar-refractivity contribution is 0.0695. The highest BCUT2D eigenvalue weighted by Crippen LogP contribution is 2.20. The van der Waals surface area contributed by atoms with Crippen LogP contribution in [-0.2, 0) is 6.54 Å². The molecule has 0 radical (unpaired) electrons. The van der Waals surface area contributed by atoms with Gasteiger partial charge in [0.2, 0.25) is 0 Å². The largest absolute Gasteiger partial charge is 0.478 e. The van der Waals surface area contributed by atoms with Crippen LogP contribution >= 0.6 is 0 Å². The van der Waals surface area contributed by atoms with Gasteiger partial charge >= 0.3 is 5.97 Å². The Hall–Kier alpha value is -1.55. The zero-order chi connectivity index (χ0) is 13.0. The second-order valence-electron chi connectivity index (χ2n) is 4.88. The Balaban J connectivity index is 2.17. The van der Waals surface area contributed by atoms with Crippen molar-refractivity contribution >= 4 is 11.7 Å². The van der Waals surface area contributed by atoms with Crippen molar-refractivity contribution in [3.8, 4) is 0 Å². The molecule has 98 valence electrons. The predicted octanol–water partition coefficient (Wildman–Crippen LogP) is 2.34. The number of likely N-dealkylation sites (tertiary alicyclic amines) is 1. The van der Waals surface area contributed by atoms with Crippen LogP contribution in [0.3, 0.4) is 0 Å². The molecule has 0 aliphatic carbocycles. The minimum absolute atomic E-state index is 0.266.